The van der Waals surface area contributed by atoms with Gasteiger partial charge >= 0.3 is 5.97 Å². The monoisotopic (exact) mass is 316 g/mol. The molecule has 2 heterocycles. The first-order valence-corrected chi connectivity index (χ1v) is 7.79. The van der Waals surface area contributed by atoms with Crippen LogP contribution >= 0.6 is 0 Å². The van der Waals surface area contributed by atoms with Crippen molar-refractivity contribution in [1.82, 2.24) is 4.90 Å². The molecule has 0 N–H and O–H groups in total. The number of rotatable bonds is 2. The van der Waals surface area contributed by atoms with E-state index >= 15 is 0 Å². The van der Waals surface area contributed by atoms with Crippen LogP contribution in [0, 0.1) is 0 Å². The Morgan fingerprint density at radius 1 is 1.26 bits per heavy atom. The van der Waals surface area contributed by atoms with Crippen molar-refractivity contribution in [2.24, 2.45) is 0 Å². The van der Waals surface area contributed by atoms with Gasteiger partial charge in [0.05, 0.1) is 12.8 Å². The maximum Gasteiger partial charge on any atom is 0.325 e. The first-order valence-electron chi connectivity index (χ1n) is 7.79. The van der Waals surface area contributed by atoms with Gasteiger partial charge in [0.15, 0.2) is 0 Å². The molecule has 1 aromatic rings. The van der Waals surface area contributed by atoms with Gasteiger partial charge in [0.1, 0.15) is 12.1 Å². The summed E-state index contributed by atoms with van der Waals surface area (Å²) in [5, 5.41) is 0. The molecule has 1 saturated heterocycles. The summed E-state index contributed by atoms with van der Waals surface area (Å²) >= 11 is 0. The fourth-order valence-corrected chi connectivity index (χ4v) is 3.76. The highest BCUT2D eigenvalue weighted by molar-refractivity contribution is 6.11. The Bertz CT molecular complexity index is 672. The Hall–Kier alpha value is -2.37. The average molecular weight is 316 g/mol. The highest BCUT2D eigenvalue weighted by Gasteiger charge is 2.56. The lowest BCUT2D eigenvalue weighted by Gasteiger charge is -2.43. The van der Waals surface area contributed by atoms with Crippen molar-refractivity contribution in [3.8, 4) is 0 Å². The third kappa shape index (κ3) is 2.20. The highest BCUT2D eigenvalue weighted by Crippen LogP contribution is 2.48. The zero-order chi connectivity index (χ0) is 16.6. The van der Waals surface area contributed by atoms with Crippen molar-refractivity contribution in [3.63, 3.8) is 0 Å². The largest absolute Gasteiger partial charge is 0.468 e. The van der Waals surface area contributed by atoms with Crippen molar-refractivity contribution >= 4 is 23.5 Å². The molecular weight excluding hydrogens is 296 g/mol. The number of hydrogen-bond donors (Lipinski definition) is 0. The molecule has 0 radical (unpaired) electrons. The predicted octanol–water partition coefficient (Wildman–Crippen LogP) is 1.43. The van der Waals surface area contributed by atoms with Gasteiger partial charge in [-0.05, 0) is 25.3 Å². The molecule has 6 heteroatoms. The molecule has 23 heavy (non-hydrogen) atoms. The van der Waals surface area contributed by atoms with Gasteiger partial charge in [-0.1, -0.05) is 18.2 Å². The molecule has 0 bridgehead atoms. The molecule has 3 rings (SSSR count). The van der Waals surface area contributed by atoms with Gasteiger partial charge in [0.2, 0.25) is 5.91 Å². The minimum absolute atomic E-state index is 0.118. The first-order chi connectivity index (χ1) is 11.0. The van der Waals surface area contributed by atoms with E-state index in [-0.39, 0.29) is 18.4 Å². The number of hydrogen-bond acceptors (Lipinski definition) is 4. The van der Waals surface area contributed by atoms with Crippen LogP contribution in [0.1, 0.15) is 31.7 Å². The van der Waals surface area contributed by atoms with Crippen LogP contribution in [0.5, 0.6) is 0 Å². The standard InChI is InChI=1S/C17H20N2O4/c1-12(20)19-10-6-5-9-17(19)13-7-3-4-8-14(13)18(16(17)22)11-15(21)23-2/h3-4,7-8H,5-6,9-11H2,1-2H3/t17-/m0/s1. The summed E-state index contributed by atoms with van der Waals surface area (Å²) in [5.74, 6) is -0.804. The second-order valence-corrected chi connectivity index (χ2v) is 5.97. The molecule has 1 spiro atoms. The van der Waals surface area contributed by atoms with Crippen molar-refractivity contribution in [2.45, 2.75) is 31.7 Å². The number of fused-ring (bicyclic) bond motifs is 2. The van der Waals surface area contributed by atoms with Crippen LogP contribution < -0.4 is 4.90 Å². The molecular formula is C17H20N2O4. The smallest absolute Gasteiger partial charge is 0.325 e. The minimum atomic E-state index is -0.977. The van der Waals surface area contributed by atoms with Crippen molar-refractivity contribution in [3.05, 3.63) is 29.8 Å². The normalized spacial score (nSPS) is 23.1. The lowest BCUT2D eigenvalue weighted by molar-refractivity contribution is -0.148. The number of benzene rings is 1. The van der Waals surface area contributed by atoms with Gasteiger partial charge in [0.25, 0.3) is 5.91 Å². The summed E-state index contributed by atoms with van der Waals surface area (Å²) in [6.45, 7) is 1.91. The third-order valence-electron chi connectivity index (χ3n) is 4.77. The Morgan fingerprint density at radius 3 is 2.70 bits per heavy atom. The second kappa shape index (κ2) is 5.68. The molecule has 2 aliphatic rings. The fraction of sp³-hybridized carbons (Fsp3) is 0.471. The lowest BCUT2D eigenvalue weighted by atomic mass is 9.81. The molecule has 1 aromatic carbocycles. The van der Waals surface area contributed by atoms with E-state index in [9.17, 15) is 14.4 Å². The Labute approximate surface area is 135 Å². The number of carbonyl (C=O) groups excluding carboxylic acids is 3. The van der Waals surface area contributed by atoms with E-state index in [0.717, 1.165) is 18.4 Å². The molecule has 0 aromatic heterocycles. The molecule has 1 fully saturated rings. The number of para-hydroxylation sites is 1. The predicted molar refractivity (Wildman–Crippen MR) is 83.7 cm³/mol. The van der Waals surface area contributed by atoms with Gasteiger partial charge in [-0.25, -0.2) is 0 Å². The molecule has 2 aliphatic heterocycles. The molecule has 2 amide bonds. The zero-order valence-corrected chi connectivity index (χ0v) is 13.4. The van der Waals surface area contributed by atoms with E-state index in [0.29, 0.717) is 18.7 Å². The number of amides is 2. The molecule has 6 nitrogen and oxygen atoms in total. The third-order valence-corrected chi connectivity index (χ3v) is 4.77. The van der Waals surface area contributed by atoms with Crippen LogP contribution in [0.15, 0.2) is 24.3 Å². The van der Waals surface area contributed by atoms with Crippen LogP contribution in [0.3, 0.4) is 0 Å². The number of esters is 1. The van der Waals surface area contributed by atoms with E-state index in [1.54, 1.807) is 4.90 Å². The average Bonchev–Trinajstić information content (AvgIpc) is 2.78. The number of piperidine rings is 1. The Balaban J connectivity index is 2.12. The Kier molecular flexibility index (Phi) is 3.83. The number of likely N-dealkylation sites (tertiary alicyclic amines) is 1. The molecule has 0 unspecified atom stereocenters. The number of carbonyl (C=O) groups is 3. The van der Waals surface area contributed by atoms with Crippen LogP contribution in [0.4, 0.5) is 5.69 Å². The van der Waals surface area contributed by atoms with Crippen molar-refractivity contribution in [1.29, 1.82) is 0 Å². The highest BCUT2D eigenvalue weighted by atomic mass is 16.5. The maximum atomic E-state index is 13.2. The van der Waals surface area contributed by atoms with Crippen LogP contribution in [-0.4, -0.2) is 42.9 Å². The number of nitrogens with zero attached hydrogens (tertiary/aromatic N) is 2. The van der Waals surface area contributed by atoms with Gasteiger partial charge in [-0.3, -0.25) is 19.3 Å². The number of anilines is 1. The zero-order valence-electron chi connectivity index (χ0n) is 13.4. The molecule has 0 saturated carbocycles. The number of methoxy groups -OCH3 is 1. The topological polar surface area (TPSA) is 66.9 Å². The first kappa shape index (κ1) is 15.5. The van der Waals surface area contributed by atoms with E-state index in [4.69, 9.17) is 4.74 Å². The van der Waals surface area contributed by atoms with E-state index in [1.807, 2.05) is 24.3 Å². The van der Waals surface area contributed by atoms with Crippen molar-refractivity contribution in [2.75, 3.05) is 25.1 Å². The summed E-state index contributed by atoms with van der Waals surface area (Å²) in [6.07, 6.45) is 2.34. The van der Waals surface area contributed by atoms with Crippen molar-refractivity contribution < 1.29 is 19.1 Å². The van der Waals surface area contributed by atoms with Gasteiger partial charge in [-0.2, -0.15) is 0 Å². The van der Waals surface area contributed by atoms with Crippen LogP contribution in [0.25, 0.3) is 0 Å². The van der Waals surface area contributed by atoms with Gasteiger partial charge in [0, 0.05) is 19.0 Å². The Morgan fingerprint density at radius 2 is 2.00 bits per heavy atom. The summed E-state index contributed by atoms with van der Waals surface area (Å²) < 4.78 is 4.71. The SMILES string of the molecule is COC(=O)CN1C(=O)[C@]2(CCCCN2C(C)=O)c2ccccc21. The second-order valence-electron chi connectivity index (χ2n) is 5.97. The summed E-state index contributed by atoms with van der Waals surface area (Å²) in [5.41, 5.74) is 0.522. The van der Waals surface area contributed by atoms with E-state index < -0.39 is 11.5 Å². The quantitative estimate of drug-likeness (QED) is 0.774. The van der Waals surface area contributed by atoms with Gasteiger partial charge in [-0.15, -0.1) is 0 Å². The summed E-state index contributed by atoms with van der Waals surface area (Å²) in [4.78, 5) is 40.2. The molecule has 0 aliphatic carbocycles. The van der Waals surface area contributed by atoms with E-state index in [1.165, 1.54) is 18.9 Å². The van der Waals surface area contributed by atoms with Crippen LogP contribution in [0.2, 0.25) is 0 Å². The van der Waals surface area contributed by atoms with Gasteiger partial charge < -0.3 is 9.64 Å². The molecule has 1 atom stereocenters. The maximum absolute atomic E-state index is 13.2. The van der Waals surface area contributed by atoms with Crippen LogP contribution in [-0.2, 0) is 24.7 Å². The fourth-order valence-electron chi connectivity index (χ4n) is 3.76. The summed E-state index contributed by atoms with van der Waals surface area (Å²) in [7, 11) is 1.30. The lowest BCUT2D eigenvalue weighted by Crippen LogP contribution is -2.57. The summed E-state index contributed by atoms with van der Waals surface area (Å²) in [6, 6.07) is 7.39. The molecule has 122 valence electrons. The number of ether oxygens (including phenoxy) is 1. The van der Waals surface area contributed by atoms with E-state index in [2.05, 4.69) is 0 Å². The minimum Gasteiger partial charge on any atom is -0.468 e.